The number of benzene rings is 3. The van der Waals surface area contributed by atoms with E-state index >= 15 is 0 Å². The summed E-state index contributed by atoms with van der Waals surface area (Å²) in [5.74, 6) is -0.294. The number of nitrogens with one attached hydrogen (secondary N) is 4. The lowest BCUT2D eigenvalue weighted by Gasteiger charge is -2.21. The van der Waals surface area contributed by atoms with Gasteiger partial charge in [0.15, 0.2) is 0 Å². The molecule has 0 spiro atoms. The minimum absolute atomic E-state index is 0.0468. The predicted octanol–water partition coefficient (Wildman–Crippen LogP) is 4.15. The molecule has 6 N–H and O–H groups in total. The fraction of sp³-hybridized carbons (Fsp3) is 0.231. The maximum absolute atomic E-state index is 12.9. The summed E-state index contributed by atoms with van der Waals surface area (Å²) in [4.78, 5) is 12.9. The van der Waals surface area contributed by atoms with Crippen molar-refractivity contribution in [1.82, 2.24) is 4.72 Å². The Morgan fingerprint density at radius 1 is 0.943 bits per heavy atom. The maximum Gasteiger partial charge on any atom is 0.246 e. The first kappa shape index (κ1) is 25.9. The maximum atomic E-state index is 12.9. The van der Waals surface area contributed by atoms with Crippen LogP contribution in [-0.4, -0.2) is 31.7 Å². The van der Waals surface area contributed by atoms with Crippen LogP contribution in [0.1, 0.15) is 33.3 Å². The molecule has 3 rings (SSSR count). The van der Waals surface area contributed by atoms with Gasteiger partial charge in [-0.3, -0.25) is 10.2 Å². The summed E-state index contributed by atoms with van der Waals surface area (Å²) < 4.78 is 28.6. The molecule has 3 aromatic carbocycles. The molecule has 35 heavy (non-hydrogen) atoms. The highest BCUT2D eigenvalue weighted by Gasteiger charge is 2.24. The molecule has 9 heteroatoms. The highest BCUT2D eigenvalue weighted by Crippen LogP contribution is 2.29. The number of hydrogen-bond donors (Lipinski definition) is 5. The Hall–Kier alpha value is -3.69. The van der Waals surface area contributed by atoms with Crippen LogP contribution in [0.3, 0.4) is 0 Å². The van der Waals surface area contributed by atoms with Gasteiger partial charge in [-0.15, -0.1) is 0 Å². The average molecular weight is 494 g/mol. The zero-order chi connectivity index (χ0) is 25.8. The van der Waals surface area contributed by atoms with Crippen LogP contribution in [-0.2, 0) is 14.8 Å². The molecule has 184 valence electrons. The van der Waals surface area contributed by atoms with Gasteiger partial charge in [-0.1, -0.05) is 42.5 Å². The molecule has 0 aliphatic heterocycles. The van der Waals surface area contributed by atoms with Gasteiger partial charge < -0.3 is 16.4 Å². The fourth-order valence-electron chi connectivity index (χ4n) is 3.47. The van der Waals surface area contributed by atoms with Crippen molar-refractivity contribution in [3.63, 3.8) is 0 Å². The van der Waals surface area contributed by atoms with Crippen LogP contribution in [0, 0.1) is 5.41 Å². The third kappa shape index (κ3) is 6.91. The van der Waals surface area contributed by atoms with E-state index in [9.17, 15) is 13.2 Å². The van der Waals surface area contributed by atoms with Crippen molar-refractivity contribution < 1.29 is 13.2 Å². The molecule has 1 unspecified atom stereocenters. The number of nitrogens with two attached hydrogens (primary N) is 1. The fourth-order valence-corrected chi connectivity index (χ4v) is 5.12. The molecule has 0 saturated heterocycles. The molecule has 0 saturated carbocycles. The number of carbonyl (C=O) groups excluding carboxylic acids is 1. The number of amidine groups is 1. The molecular weight excluding hydrogens is 462 g/mol. The summed E-state index contributed by atoms with van der Waals surface area (Å²) in [6.07, 6.45) is 0. The van der Waals surface area contributed by atoms with Crippen LogP contribution in [0.4, 0.5) is 11.4 Å². The van der Waals surface area contributed by atoms with Gasteiger partial charge in [0.1, 0.15) is 11.9 Å². The quantitative estimate of drug-likeness (QED) is 0.237. The number of anilines is 2. The van der Waals surface area contributed by atoms with Crippen molar-refractivity contribution in [2.45, 2.75) is 44.2 Å². The highest BCUT2D eigenvalue weighted by molar-refractivity contribution is 7.89. The average Bonchev–Trinajstić information content (AvgIpc) is 2.78. The van der Waals surface area contributed by atoms with Gasteiger partial charge in [0.2, 0.25) is 15.9 Å². The molecule has 0 heterocycles. The van der Waals surface area contributed by atoms with E-state index in [0.29, 0.717) is 28.1 Å². The van der Waals surface area contributed by atoms with Crippen molar-refractivity contribution in [2.24, 2.45) is 5.73 Å². The van der Waals surface area contributed by atoms with Gasteiger partial charge in [-0.05, 0) is 63.6 Å². The molecule has 8 nitrogen and oxygen atoms in total. The van der Waals surface area contributed by atoms with Gasteiger partial charge in [-0.2, -0.15) is 0 Å². The van der Waals surface area contributed by atoms with E-state index in [1.165, 1.54) is 0 Å². The molecule has 0 aromatic heterocycles. The Bertz CT molecular complexity index is 1330. The van der Waals surface area contributed by atoms with Gasteiger partial charge in [0.05, 0.1) is 4.90 Å². The second-order valence-electron chi connectivity index (χ2n) is 9.28. The van der Waals surface area contributed by atoms with E-state index in [4.69, 9.17) is 11.1 Å². The molecule has 0 radical (unpaired) electrons. The summed E-state index contributed by atoms with van der Waals surface area (Å²) in [7, 11) is -3.72. The Balaban J connectivity index is 1.74. The SMILES string of the molecule is CC(Nc1cccc(C(=N)N)c1)C(=O)Nc1ccc(-c2ccccc2S(=O)(=O)NC(C)(C)C)cc1. The lowest BCUT2D eigenvalue weighted by Crippen LogP contribution is -2.40. The first-order valence-electron chi connectivity index (χ1n) is 11.1. The molecule has 0 bridgehead atoms. The van der Waals surface area contributed by atoms with E-state index in [-0.39, 0.29) is 16.6 Å². The summed E-state index contributed by atoms with van der Waals surface area (Å²) in [6, 6.07) is 20.3. The van der Waals surface area contributed by atoms with E-state index in [0.717, 1.165) is 0 Å². The van der Waals surface area contributed by atoms with E-state index in [1.807, 2.05) is 0 Å². The third-order valence-corrected chi connectivity index (χ3v) is 6.85. The second-order valence-corrected chi connectivity index (χ2v) is 10.9. The minimum Gasteiger partial charge on any atom is -0.384 e. The standard InChI is InChI=1S/C26H31N5O3S/c1-17(29-21-9-7-8-19(16-21)24(27)28)25(32)30-20-14-12-18(13-15-20)22-10-5-6-11-23(22)35(33,34)31-26(2,3)4/h5-17,29,31H,1-4H3,(H3,27,28)(H,30,32). The first-order chi connectivity index (χ1) is 16.4. The normalized spacial score (nSPS) is 12.6. The second kappa shape index (κ2) is 10.3. The summed E-state index contributed by atoms with van der Waals surface area (Å²) in [6.45, 7) is 7.11. The van der Waals surface area contributed by atoms with Crippen LogP contribution >= 0.6 is 0 Å². The molecule has 0 fully saturated rings. The Morgan fingerprint density at radius 3 is 2.23 bits per heavy atom. The summed E-state index contributed by atoms with van der Waals surface area (Å²) >= 11 is 0. The largest absolute Gasteiger partial charge is 0.384 e. The van der Waals surface area contributed by atoms with E-state index in [1.54, 1.807) is 100 Å². The van der Waals surface area contributed by atoms with E-state index in [2.05, 4.69) is 15.4 Å². The summed E-state index contributed by atoms with van der Waals surface area (Å²) in [5, 5.41) is 13.5. The van der Waals surface area contributed by atoms with Crippen LogP contribution < -0.4 is 21.1 Å². The van der Waals surface area contributed by atoms with Crippen LogP contribution in [0.15, 0.2) is 77.7 Å². The minimum atomic E-state index is -3.72. The first-order valence-corrected chi connectivity index (χ1v) is 12.6. The number of carbonyl (C=O) groups is 1. The van der Waals surface area contributed by atoms with Gasteiger partial charge in [0, 0.05) is 28.0 Å². The monoisotopic (exact) mass is 493 g/mol. The van der Waals surface area contributed by atoms with Gasteiger partial charge in [0.25, 0.3) is 0 Å². The number of rotatable bonds is 8. The summed E-state index contributed by atoms with van der Waals surface area (Å²) in [5.41, 5.74) is 8.03. The van der Waals surface area contributed by atoms with Crippen molar-refractivity contribution in [3.05, 3.63) is 78.4 Å². The zero-order valence-electron chi connectivity index (χ0n) is 20.2. The van der Waals surface area contributed by atoms with Gasteiger partial charge in [-0.25, -0.2) is 13.1 Å². The third-order valence-electron chi connectivity index (χ3n) is 5.03. The molecular formula is C26H31N5O3S. The van der Waals surface area contributed by atoms with Crippen molar-refractivity contribution >= 4 is 33.1 Å². The van der Waals surface area contributed by atoms with E-state index < -0.39 is 21.6 Å². The van der Waals surface area contributed by atoms with Crippen molar-refractivity contribution in [1.29, 1.82) is 5.41 Å². The van der Waals surface area contributed by atoms with Crippen molar-refractivity contribution in [2.75, 3.05) is 10.6 Å². The Labute approximate surface area is 206 Å². The predicted molar refractivity (Wildman–Crippen MR) is 141 cm³/mol. The number of amides is 1. The molecule has 0 aliphatic carbocycles. The Kier molecular flexibility index (Phi) is 7.62. The zero-order valence-corrected chi connectivity index (χ0v) is 21.0. The lowest BCUT2D eigenvalue weighted by molar-refractivity contribution is -0.116. The van der Waals surface area contributed by atoms with Gasteiger partial charge >= 0.3 is 0 Å². The molecule has 1 atom stereocenters. The highest BCUT2D eigenvalue weighted by atomic mass is 32.2. The Morgan fingerprint density at radius 2 is 1.60 bits per heavy atom. The molecule has 1 amide bonds. The topological polar surface area (TPSA) is 137 Å². The molecule has 3 aromatic rings. The smallest absolute Gasteiger partial charge is 0.246 e. The molecule has 0 aliphatic rings. The number of nitrogen functional groups attached to an aromatic ring is 1. The number of sulfonamides is 1. The number of hydrogen-bond acceptors (Lipinski definition) is 5. The van der Waals surface area contributed by atoms with Crippen molar-refractivity contribution in [3.8, 4) is 11.1 Å². The van der Waals surface area contributed by atoms with Crippen LogP contribution in [0.2, 0.25) is 0 Å². The van der Waals surface area contributed by atoms with Crippen LogP contribution in [0.25, 0.3) is 11.1 Å². The van der Waals surface area contributed by atoms with Crippen LogP contribution in [0.5, 0.6) is 0 Å². The lowest BCUT2D eigenvalue weighted by atomic mass is 10.1.